The number of benzene rings is 3. The average molecular weight is 482 g/mol. The van der Waals surface area contributed by atoms with E-state index in [4.69, 9.17) is 9.15 Å². The molecule has 3 unspecified atom stereocenters. The SMILES string of the molecule is CCC1CC[NH+](Cc2cnc(C3(O)c4ccccc4-c4ccccc43)o2)CC1OCc1ccccc1. The summed E-state index contributed by atoms with van der Waals surface area (Å²) < 4.78 is 12.7. The van der Waals surface area contributed by atoms with E-state index in [1.54, 1.807) is 6.20 Å². The molecule has 0 radical (unpaired) electrons. The number of aliphatic hydroxyl groups is 1. The number of hydrogen-bond acceptors (Lipinski definition) is 4. The van der Waals surface area contributed by atoms with Crippen molar-refractivity contribution in [2.75, 3.05) is 13.1 Å². The number of rotatable bonds is 7. The molecule has 1 aliphatic heterocycles. The molecule has 1 aromatic heterocycles. The number of oxazole rings is 1. The van der Waals surface area contributed by atoms with Gasteiger partial charge in [0.05, 0.1) is 19.3 Å². The fourth-order valence-corrected chi connectivity index (χ4v) is 5.97. The van der Waals surface area contributed by atoms with Crippen molar-refractivity contribution < 1.29 is 19.2 Å². The van der Waals surface area contributed by atoms with Crippen LogP contribution in [0.15, 0.2) is 89.5 Å². The smallest absolute Gasteiger partial charge is 0.236 e. The van der Waals surface area contributed by atoms with Crippen LogP contribution in [0.4, 0.5) is 0 Å². The Morgan fingerprint density at radius 3 is 2.33 bits per heavy atom. The molecule has 5 nitrogen and oxygen atoms in total. The summed E-state index contributed by atoms with van der Waals surface area (Å²) in [6.45, 7) is 5.66. The Labute approximate surface area is 212 Å². The number of likely N-dealkylation sites (tertiary alicyclic amines) is 1. The van der Waals surface area contributed by atoms with Crippen LogP contribution in [0, 0.1) is 5.92 Å². The summed E-state index contributed by atoms with van der Waals surface area (Å²) in [5.41, 5.74) is 3.54. The first-order valence-corrected chi connectivity index (χ1v) is 13.0. The first-order chi connectivity index (χ1) is 17.7. The third-order valence-electron chi connectivity index (χ3n) is 7.93. The summed E-state index contributed by atoms with van der Waals surface area (Å²) in [5, 5.41) is 12.0. The largest absolute Gasteiger partial charge is 0.436 e. The second-order valence-corrected chi connectivity index (χ2v) is 10.1. The Morgan fingerprint density at radius 1 is 0.972 bits per heavy atom. The number of quaternary nitrogens is 1. The van der Waals surface area contributed by atoms with E-state index in [2.05, 4.69) is 36.2 Å². The molecule has 1 fully saturated rings. The van der Waals surface area contributed by atoms with Gasteiger partial charge < -0.3 is 19.2 Å². The van der Waals surface area contributed by atoms with Gasteiger partial charge in [0.1, 0.15) is 19.2 Å². The van der Waals surface area contributed by atoms with Crippen LogP contribution < -0.4 is 4.90 Å². The maximum Gasteiger partial charge on any atom is 0.236 e. The fourth-order valence-electron chi connectivity index (χ4n) is 5.97. The second kappa shape index (κ2) is 9.66. The predicted octanol–water partition coefficient (Wildman–Crippen LogP) is 4.34. The molecule has 36 heavy (non-hydrogen) atoms. The van der Waals surface area contributed by atoms with Gasteiger partial charge in [-0.05, 0) is 22.6 Å². The van der Waals surface area contributed by atoms with Gasteiger partial charge in [0.15, 0.2) is 11.4 Å². The lowest BCUT2D eigenvalue weighted by Crippen LogP contribution is -3.13. The number of nitrogens with zero attached hydrogens (tertiary/aromatic N) is 1. The minimum atomic E-state index is -1.38. The molecule has 0 bridgehead atoms. The first kappa shape index (κ1) is 23.2. The van der Waals surface area contributed by atoms with Crippen molar-refractivity contribution in [3.63, 3.8) is 0 Å². The second-order valence-electron chi connectivity index (χ2n) is 10.1. The maximum atomic E-state index is 12.0. The van der Waals surface area contributed by atoms with Gasteiger partial charge in [-0.25, -0.2) is 4.98 Å². The Kier molecular flexibility index (Phi) is 6.22. The number of piperidine rings is 1. The minimum absolute atomic E-state index is 0.221. The summed E-state index contributed by atoms with van der Waals surface area (Å²) in [7, 11) is 0. The zero-order valence-electron chi connectivity index (χ0n) is 20.7. The molecule has 2 N–H and O–H groups in total. The zero-order valence-corrected chi connectivity index (χ0v) is 20.7. The molecular formula is C31H33N2O3+. The van der Waals surface area contributed by atoms with Gasteiger partial charge in [0, 0.05) is 17.5 Å². The number of fused-ring (bicyclic) bond motifs is 3. The number of nitrogens with one attached hydrogen (secondary N) is 1. The molecule has 1 saturated heterocycles. The highest BCUT2D eigenvalue weighted by atomic mass is 16.5. The van der Waals surface area contributed by atoms with Gasteiger partial charge in [0.25, 0.3) is 0 Å². The normalized spacial score (nSPS) is 22.2. The molecule has 184 valence electrons. The molecule has 0 amide bonds. The van der Waals surface area contributed by atoms with Crippen molar-refractivity contribution in [2.24, 2.45) is 5.92 Å². The summed E-state index contributed by atoms with van der Waals surface area (Å²) in [5.74, 6) is 1.72. The monoisotopic (exact) mass is 481 g/mol. The summed E-state index contributed by atoms with van der Waals surface area (Å²) in [4.78, 5) is 6.03. The highest BCUT2D eigenvalue weighted by Gasteiger charge is 2.47. The molecule has 2 heterocycles. The van der Waals surface area contributed by atoms with Gasteiger partial charge in [0.2, 0.25) is 5.89 Å². The van der Waals surface area contributed by atoms with Crippen LogP contribution in [0.5, 0.6) is 0 Å². The van der Waals surface area contributed by atoms with E-state index in [1.165, 1.54) is 10.5 Å². The first-order valence-electron chi connectivity index (χ1n) is 13.0. The lowest BCUT2D eigenvalue weighted by atomic mass is 9.91. The van der Waals surface area contributed by atoms with Gasteiger partial charge in [-0.1, -0.05) is 92.2 Å². The van der Waals surface area contributed by atoms with E-state index in [0.29, 0.717) is 18.4 Å². The van der Waals surface area contributed by atoms with Gasteiger partial charge in [-0.2, -0.15) is 0 Å². The molecule has 0 spiro atoms. The van der Waals surface area contributed by atoms with Crippen LogP contribution in [0.3, 0.4) is 0 Å². The van der Waals surface area contributed by atoms with Gasteiger partial charge >= 0.3 is 0 Å². The van der Waals surface area contributed by atoms with Gasteiger partial charge in [-0.15, -0.1) is 0 Å². The van der Waals surface area contributed by atoms with E-state index >= 15 is 0 Å². The van der Waals surface area contributed by atoms with Gasteiger partial charge in [-0.3, -0.25) is 0 Å². The highest BCUT2D eigenvalue weighted by Crippen LogP contribution is 2.50. The quantitative estimate of drug-likeness (QED) is 0.412. The maximum absolute atomic E-state index is 12.0. The van der Waals surface area contributed by atoms with Crippen molar-refractivity contribution in [1.82, 2.24) is 4.98 Å². The molecular weight excluding hydrogens is 448 g/mol. The topological polar surface area (TPSA) is 59.9 Å². The lowest BCUT2D eigenvalue weighted by molar-refractivity contribution is -0.924. The Hall–Kier alpha value is -3.25. The molecule has 3 aromatic carbocycles. The fraction of sp³-hybridized carbons (Fsp3) is 0.323. The third kappa shape index (κ3) is 4.07. The number of ether oxygens (including phenoxy) is 1. The van der Waals surface area contributed by atoms with Crippen molar-refractivity contribution in [3.05, 3.63) is 113 Å². The van der Waals surface area contributed by atoms with Crippen LogP contribution in [0.25, 0.3) is 11.1 Å². The van der Waals surface area contributed by atoms with E-state index in [1.807, 2.05) is 54.6 Å². The average Bonchev–Trinajstić information content (AvgIpc) is 3.50. The molecule has 3 atom stereocenters. The highest BCUT2D eigenvalue weighted by molar-refractivity contribution is 5.81. The Bertz CT molecular complexity index is 1290. The van der Waals surface area contributed by atoms with E-state index in [0.717, 1.165) is 60.5 Å². The minimum Gasteiger partial charge on any atom is -0.436 e. The van der Waals surface area contributed by atoms with Crippen LogP contribution in [-0.4, -0.2) is 29.3 Å². The molecule has 6 rings (SSSR count). The Morgan fingerprint density at radius 2 is 1.64 bits per heavy atom. The predicted molar refractivity (Wildman–Crippen MR) is 138 cm³/mol. The molecule has 1 aliphatic carbocycles. The standard InChI is InChI=1S/C31H32N2O3/c1-2-23-16-17-33(20-29(23)35-21-22-10-4-3-5-11-22)19-24-18-32-30(36-24)31(34)27-14-8-6-12-25(27)26-13-7-9-15-28(26)31/h3-15,18,23,29,34H,2,16-17,19-21H2,1H3/p+1. The van der Waals surface area contributed by atoms with Crippen LogP contribution >= 0.6 is 0 Å². The zero-order chi connectivity index (χ0) is 24.5. The number of hydrogen-bond donors (Lipinski definition) is 2. The summed E-state index contributed by atoms with van der Waals surface area (Å²) in [6, 6.07) is 26.3. The van der Waals surface area contributed by atoms with E-state index in [9.17, 15) is 5.11 Å². The van der Waals surface area contributed by atoms with Crippen LogP contribution in [0.2, 0.25) is 0 Å². The number of aromatic nitrogens is 1. The summed E-state index contributed by atoms with van der Waals surface area (Å²) in [6.07, 6.45) is 4.27. The van der Waals surface area contributed by atoms with Crippen LogP contribution in [0.1, 0.15) is 48.1 Å². The van der Waals surface area contributed by atoms with E-state index in [-0.39, 0.29) is 6.10 Å². The van der Waals surface area contributed by atoms with Crippen molar-refractivity contribution in [3.8, 4) is 11.1 Å². The summed E-state index contributed by atoms with van der Waals surface area (Å²) >= 11 is 0. The lowest BCUT2D eigenvalue weighted by Gasteiger charge is -2.35. The van der Waals surface area contributed by atoms with E-state index < -0.39 is 5.60 Å². The van der Waals surface area contributed by atoms with Crippen molar-refractivity contribution in [1.29, 1.82) is 0 Å². The third-order valence-corrected chi connectivity index (χ3v) is 7.93. The Balaban J connectivity index is 1.20. The molecule has 2 aliphatic rings. The van der Waals surface area contributed by atoms with Crippen LogP contribution in [-0.2, 0) is 23.5 Å². The van der Waals surface area contributed by atoms with Crippen molar-refractivity contribution in [2.45, 2.75) is 44.6 Å². The molecule has 5 heteroatoms. The van der Waals surface area contributed by atoms with Crippen molar-refractivity contribution >= 4 is 0 Å². The molecule has 0 saturated carbocycles. The molecule has 4 aromatic rings.